The van der Waals surface area contributed by atoms with Gasteiger partial charge in [-0.05, 0) is 18.2 Å². The minimum absolute atomic E-state index is 0.0425. The maximum atomic E-state index is 5.90. The van der Waals surface area contributed by atoms with Crippen LogP contribution in [-0.4, -0.2) is 18.7 Å². The number of hydrogen-bond donors (Lipinski definition) is 1. The summed E-state index contributed by atoms with van der Waals surface area (Å²) in [5, 5.41) is 0. The predicted octanol–water partition coefficient (Wildman–Crippen LogP) is 2.06. The lowest BCUT2D eigenvalue weighted by molar-refractivity contribution is 0.294. The van der Waals surface area contributed by atoms with Crippen LogP contribution in [-0.2, 0) is 6.61 Å². The number of nitrogens with two attached hydrogens (primary N) is 1. The summed E-state index contributed by atoms with van der Waals surface area (Å²) in [6.45, 7) is 0.901. The van der Waals surface area contributed by atoms with Gasteiger partial charge in [-0.1, -0.05) is 6.07 Å². The molecule has 0 fully saturated rings. The summed E-state index contributed by atoms with van der Waals surface area (Å²) in [7, 11) is 1.59. The van der Waals surface area contributed by atoms with Gasteiger partial charge in [-0.2, -0.15) is 0 Å². The first-order valence-electron chi connectivity index (χ1n) is 6.41. The molecule has 2 heterocycles. The van der Waals surface area contributed by atoms with Gasteiger partial charge in [0.25, 0.3) is 0 Å². The number of methoxy groups -OCH3 is 1. The third-order valence-electron chi connectivity index (χ3n) is 3.18. The number of pyridine rings is 1. The van der Waals surface area contributed by atoms with Gasteiger partial charge >= 0.3 is 0 Å². The van der Waals surface area contributed by atoms with Crippen molar-refractivity contribution in [2.24, 2.45) is 5.73 Å². The maximum Gasteiger partial charge on any atom is 0.213 e. The fraction of sp³-hybridized carbons (Fsp3) is 0.267. The number of hydrogen-bond acceptors (Lipinski definition) is 5. The number of nitrogens with zero attached hydrogens (tertiary/aromatic N) is 1. The summed E-state index contributed by atoms with van der Waals surface area (Å²) in [5.41, 5.74) is 7.74. The number of rotatable bonds is 4. The van der Waals surface area contributed by atoms with Crippen molar-refractivity contribution in [2.75, 3.05) is 13.7 Å². The van der Waals surface area contributed by atoms with Crippen LogP contribution in [0.25, 0.3) is 0 Å². The van der Waals surface area contributed by atoms with Gasteiger partial charge in [-0.3, -0.25) is 0 Å². The molecule has 3 rings (SSSR count). The minimum atomic E-state index is -0.0425. The predicted molar refractivity (Wildman–Crippen MR) is 74.0 cm³/mol. The van der Waals surface area contributed by atoms with E-state index in [0.29, 0.717) is 19.1 Å². The minimum Gasteiger partial charge on any atom is -0.491 e. The highest BCUT2D eigenvalue weighted by atomic mass is 16.5. The zero-order valence-electron chi connectivity index (χ0n) is 11.2. The number of ether oxygens (including phenoxy) is 3. The summed E-state index contributed by atoms with van der Waals surface area (Å²) < 4.78 is 16.3. The first-order chi connectivity index (χ1) is 9.76. The lowest BCUT2D eigenvalue weighted by atomic mass is 10.1. The Hall–Kier alpha value is -2.27. The SMILES string of the molecule is COc1cccc(COc2ccc3c(c2)OCC3N)n1. The van der Waals surface area contributed by atoms with Gasteiger partial charge < -0.3 is 19.9 Å². The van der Waals surface area contributed by atoms with Crippen LogP contribution in [0, 0.1) is 0 Å². The lowest BCUT2D eigenvalue weighted by Gasteiger charge is -2.08. The number of fused-ring (bicyclic) bond motifs is 1. The smallest absolute Gasteiger partial charge is 0.213 e. The molecule has 5 heteroatoms. The van der Waals surface area contributed by atoms with Crippen molar-refractivity contribution < 1.29 is 14.2 Å². The first-order valence-corrected chi connectivity index (χ1v) is 6.41. The van der Waals surface area contributed by atoms with Crippen LogP contribution in [0.2, 0.25) is 0 Å². The summed E-state index contributed by atoms with van der Waals surface area (Å²) in [6, 6.07) is 11.2. The van der Waals surface area contributed by atoms with Crippen LogP contribution in [0.1, 0.15) is 17.3 Å². The lowest BCUT2D eigenvalue weighted by Crippen LogP contribution is -2.10. The van der Waals surface area contributed by atoms with E-state index in [1.54, 1.807) is 13.2 Å². The van der Waals surface area contributed by atoms with Crippen LogP contribution in [0.3, 0.4) is 0 Å². The molecule has 1 aromatic heterocycles. The largest absolute Gasteiger partial charge is 0.491 e. The molecule has 20 heavy (non-hydrogen) atoms. The van der Waals surface area contributed by atoms with E-state index >= 15 is 0 Å². The van der Waals surface area contributed by atoms with Crippen molar-refractivity contribution in [3.63, 3.8) is 0 Å². The number of aromatic nitrogens is 1. The van der Waals surface area contributed by atoms with Crippen molar-refractivity contribution >= 4 is 0 Å². The van der Waals surface area contributed by atoms with E-state index in [4.69, 9.17) is 19.9 Å². The normalized spacial score (nSPS) is 16.4. The Morgan fingerprint density at radius 3 is 3.10 bits per heavy atom. The van der Waals surface area contributed by atoms with Crippen LogP contribution in [0.5, 0.6) is 17.4 Å². The standard InChI is InChI=1S/C15H16N2O3/c1-18-15-4-2-3-10(17-15)8-19-11-5-6-12-13(16)9-20-14(12)7-11/h2-7,13H,8-9,16H2,1H3. The molecule has 1 aromatic carbocycles. The molecule has 0 saturated carbocycles. The Labute approximate surface area is 117 Å². The van der Waals surface area contributed by atoms with E-state index in [-0.39, 0.29) is 6.04 Å². The van der Waals surface area contributed by atoms with Crippen molar-refractivity contribution in [3.8, 4) is 17.4 Å². The number of benzene rings is 1. The van der Waals surface area contributed by atoms with Gasteiger partial charge in [-0.15, -0.1) is 0 Å². The molecule has 1 unspecified atom stereocenters. The van der Waals surface area contributed by atoms with Crippen molar-refractivity contribution in [2.45, 2.75) is 12.6 Å². The Kier molecular flexibility index (Phi) is 3.43. The Morgan fingerprint density at radius 2 is 2.25 bits per heavy atom. The molecule has 0 saturated heterocycles. The molecule has 0 radical (unpaired) electrons. The Bertz CT molecular complexity index is 616. The molecule has 1 aliphatic heterocycles. The van der Waals surface area contributed by atoms with E-state index in [9.17, 15) is 0 Å². The molecule has 2 N–H and O–H groups in total. The molecule has 1 atom stereocenters. The van der Waals surface area contributed by atoms with Crippen molar-refractivity contribution in [1.29, 1.82) is 0 Å². The van der Waals surface area contributed by atoms with E-state index in [0.717, 1.165) is 22.8 Å². The van der Waals surface area contributed by atoms with Gasteiger partial charge in [-0.25, -0.2) is 4.98 Å². The molecule has 0 spiro atoms. The molecule has 5 nitrogen and oxygen atoms in total. The molecule has 0 amide bonds. The molecular formula is C15H16N2O3. The van der Waals surface area contributed by atoms with Gasteiger partial charge in [0.05, 0.1) is 18.8 Å². The van der Waals surface area contributed by atoms with Gasteiger partial charge in [0.2, 0.25) is 5.88 Å². The highest BCUT2D eigenvalue weighted by Gasteiger charge is 2.20. The van der Waals surface area contributed by atoms with Crippen LogP contribution in [0.15, 0.2) is 36.4 Å². The molecule has 2 aromatic rings. The van der Waals surface area contributed by atoms with Crippen LogP contribution in [0.4, 0.5) is 0 Å². The average molecular weight is 272 g/mol. The third kappa shape index (κ3) is 2.53. The summed E-state index contributed by atoms with van der Waals surface area (Å²) >= 11 is 0. The fourth-order valence-electron chi connectivity index (χ4n) is 2.11. The van der Waals surface area contributed by atoms with Gasteiger partial charge in [0.1, 0.15) is 24.7 Å². The first kappa shape index (κ1) is 12.7. The van der Waals surface area contributed by atoms with Gasteiger partial charge in [0, 0.05) is 17.7 Å². The average Bonchev–Trinajstić information content (AvgIpc) is 2.86. The zero-order chi connectivity index (χ0) is 13.9. The van der Waals surface area contributed by atoms with Crippen molar-refractivity contribution in [3.05, 3.63) is 47.7 Å². The second kappa shape index (κ2) is 5.38. The second-order valence-electron chi connectivity index (χ2n) is 4.58. The Balaban J connectivity index is 1.69. The summed E-state index contributed by atoms with van der Waals surface area (Å²) in [5.74, 6) is 2.12. The summed E-state index contributed by atoms with van der Waals surface area (Å²) in [6.07, 6.45) is 0. The molecule has 0 aliphatic carbocycles. The van der Waals surface area contributed by atoms with E-state index in [1.165, 1.54) is 0 Å². The van der Waals surface area contributed by atoms with E-state index in [1.807, 2.05) is 30.3 Å². The van der Waals surface area contributed by atoms with Crippen molar-refractivity contribution in [1.82, 2.24) is 4.98 Å². The highest BCUT2D eigenvalue weighted by Crippen LogP contribution is 2.34. The molecule has 0 bridgehead atoms. The molecule has 104 valence electrons. The van der Waals surface area contributed by atoms with Crippen LogP contribution >= 0.6 is 0 Å². The van der Waals surface area contributed by atoms with E-state index in [2.05, 4.69) is 4.98 Å². The second-order valence-corrected chi connectivity index (χ2v) is 4.58. The zero-order valence-corrected chi connectivity index (χ0v) is 11.2. The molecule has 1 aliphatic rings. The van der Waals surface area contributed by atoms with Crippen LogP contribution < -0.4 is 19.9 Å². The van der Waals surface area contributed by atoms with Gasteiger partial charge in [0.15, 0.2) is 0 Å². The maximum absolute atomic E-state index is 5.90. The van der Waals surface area contributed by atoms with E-state index < -0.39 is 0 Å². The highest BCUT2D eigenvalue weighted by molar-refractivity contribution is 5.44. The topological polar surface area (TPSA) is 66.6 Å². The summed E-state index contributed by atoms with van der Waals surface area (Å²) in [4.78, 5) is 4.29. The Morgan fingerprint density at radius 1 is 1.35 bits per heavy atom. The third-order valence-corrected chi connectivity index (χ3v) is 3.18. The molecular weight excluding hydrogens is 256 g/mol. The fourth-order valence-corrected chi connectivity index (χ4v) is 2.11. The quantitative estimate of drug-likeness (QED) is 0.922. The monoisotopic (exact) mass is 272 g/mol.